The number of imidazole rings is 1. The van der Waals surface area contributed by atoms with E-state index in [1.807, 2.05) is 28.9 Å². The second-order valence-electron chi connectivity index (χ2n) is 6.66. The summed E-state index contributed by atoms with van der Waals surface area (Å²) < 4.78 is 41.7. The molecule has 0 fully saturated rings. The number of aryl methyl sites for hydroxylation is 1. The molecule has 0 radical (unpaired) electrons. The molecule has 1 aromatic carbocycles. The number of hydrogen-bond acceptors (Lipinski definition) is 5. The van der Waals surface area contributed by atoms with E-state index >= 15 is 0 Å². The number of halogens is 3. The quantitative estimate of drug-likeness (QED) is 0.491. The number of fused-ring (bicyclic) bond motifs is 1. The van der Waals surface area contributed by atoms with Crippen molar-refractivity contribution >= 4 is 5.65 Å². The predicted molar refractivity (Wildman–Crippen MR) is 101 cm³/mol. The minimum Gasteiger partial charge on any atom is -0.306 e. The molecular formula is C19H13F3N8. The molecule has 11 heteroatoms. The summed E-state index contributed by atoms with van der Waals surface area (Å²) in [6, 6.07) is 11.8. The summed E-state index contributed by atoms with van der Waals surface area (Å²) in [5, 5.41) is 17.9. The second kappa shape index (κ2) is 6.51. The zero-order chi connectivity index (χ0) is 20.9. The van der Waals surface area contributed by atoms with Crippen molar-refractivity contribution in [1.82, 2.24) is 39.8 Å². The van der Waals surface area contributed by atoms with Gasteiger partial charge < -0.3 is 4.40 Å². The maximum atomic E-state index is 13.0. The van der Waals surface area contributed by atoms with Gasteiger partial charge in [0.2, 0.25) is 5.82 Å². The maximum absolute atomic E-state index is 13.0. The number of nitrogens with zero attached hydrogens (tertiary/aromatic N) is 7. The number of H-pyrrole nitrogens is 1. The van der Waals surface area contributed by atoms with Gasteiger partial charge in [0, 0.05) is 36.1 Å². The van der Waals surface area contributed by atoms with Gasteiger partial charge in [-0.3, -0.25) is 4.68 Å². The second-order valence-corrected chi connectivity index (χ2v) is 6.66. The Balaban J connectivity index is 1.46. The Kier molecular flexibility index (Phi) is 3.91. The molecule has 0 atom stereocenters. The van der Waals surface area contributed by atoms with Crippen LogP contribution < -0.4 is 0 Å². The first kappa shape index (κ1) is 18.0. The Morgan fingerprint density at radius 2 is 1.60 bits per heavy atom. The molecule has 150 valence electrons. The van der Waals surface area contributed by atoms with Crippen molar-refractivity contribution in [1.29, 1.82) is 0 Å². The van der Waals surface area contributed by atoms with Crippen LogP contribution in [0, 0.1) is 0 Å². The lowest BCUT2D eigenvalue weighted by Crippen LogP contribution is -2.11. The zero-order valence-corrected chi connectivity index (χ0v) is 15.5. The van der Waals surface area contributed by atoms with Crippen molar-refractivity contribution < 1.29 is 13.2 Å². The van der Waals surface area contributed by atoms with Crippen LogP contribution in [0.3, 0.4) is 0 Å². The highest BCUT2D eigenvalue weighted by molar-refractivity contribution is 5.69. The normalized spacial score (nSPS) is 12.0. The van der Waals surface area contributed by atoms with E-state index in [9.17, 15) is 13.2 Å². The summed E-state index contributed by atoms with van der Waals surface area (Å²) in [5.41, 5.74) is 3.13. The van der Waals surface area contributed by atoms with E-state index in [0.29, 0.717) is 11.4 Å². The van der Waals surface area contributed by atoms with Gasteiger partial charge in [-0.05, 0) is 23.4 Å². The molecule has 0 bridgehead atoms. The first-order valence-corrected chi connectivity index (χ1v) is 8.83. The Bertz CT molecular complexity index is 1330. The molecule has 0 aliphatic rings. The molecular weight excluding hydrogens is 397 g/mol. The van der Waals surface area contributed by atoms with Gasteiger partial charge in [0.25, 0.3) is 0 Å². The van der Waals surface area contributed by atoms with Gasteiger partial charge in [-0.15, -0.1) is 10.2 Å². The van der Waals surface area contributed by atoms with Crippen LogP contribution in [-0.2, 0) is 13.2 Å². The SMILES string of the molecule is Cn1nc(-c2ccc(-c3cn4cc(-c5nn[nH]n5)ccc4n3)cc2)cc1C(F)(F)F. The fourth-order valence-corrected chi connectivity index (χ4v) is 3.23. The molecule has 0 aliphatic carbocycles. The fourth-order valence-electron chi connectivity index (χ4n) is 3.23. The number of alkyl halides is 3. The van der Waals surface area contributed by atoms with Crippen LogP contribution >= 0.6 is 0 Å². The minimum absolute atomic E-state index is 0.260. The average Bonchev–Trinajstić information content (AvgIpc) is 3.46. The number of aromatic nitrogens is 8. The minimum atomic E-state index is -4.45. The van der Waals surface area contributed by atoms with Crippen LogP contribution in [0.2, 0.25) is 0 Å². The number of aromatic amines is 1. The Morgan fingerprint density at radius 3 is 2.23 bits per heavy atom. The number of benzene rings is 1. The Morgan fingerprint density at radius 1 is 0.900 bits per heavy atom. The molecule has 4 heterocycles. The number of hydrogen-bond donors (Lipinski definition) is 1. The van der Waals surface area contributed by atoms with Crippen LogP contribution in [0.4, 0.5) is 13.2 Å². The van der Waals surface area contributed by atoms with Crippen molar-refractivity contribution in [3.63, 3.8) is 0 Å². The third-order valence-corrected chi connectivity index (χ3v) is 4.70. The average molecular weight is 410 g/mol. The zero-order valence-electron chi connectivity index (χ0n) is 15.5. The van der Waals surface area contributed by atoms with E-state index in [0.717, 1.165) is 33.2 Å². The summed E-state index contributed by atoms with van der Waals surface area (Å²) >= 11 is 0. The van der Waals surface area contributed by atoms with Crippen LogP contribution in [0.5, 0.6) is 0 Å². The highest BCUT2D eigenvalue weighted by Crippen LogP contribution is 2.32. The van der Waals surface area contributed by atoms with Crippen molar-refractivity contribution in [3.8, 4) is 33.9 Å². The van der Waals surface area contributed by atoms with E-state index in [1.54, 1.807) is 24.3 Å². The number of tetrazole rings is 1. The van der Waals surface area contributed by atoms with Crippen LogP contribution in [0.1, 0.15) is 5.69 Å². The summed E-state index contributed by atoms with van der Waals surface area (Å²) in [7, 11) is 1.28. The molecule has 5 rings (SSSR count). The van der Waals surface area contributed by atoms with E-state index in [-0.39, 0.29) is 5.69 Å². The number of rotatable bonds is 3. The van der Waals surface area contributed by atoms with E-state index in [4.69, 9.17) is 0 Å². The van der Waals surface area contributed by atoms with Gasteiger partial charge in [0.15, 0.2) is 0 Å². The summed E-state index contributed by atoms with van der Waals surface area (Å²) in [6.45, 7) is 0. The molecule has 0 saturated carbocycles. The molecule has 0 spiro atoms. The van der Waals surface area contributed by atoms with Gasteiger partial charge in [-0.25, -0.2) is 4.98 Å². The standard InChI is InChI=1S/C19H13F3N8/c1-29-16(19(20,21)22)8-14(26-29)11-2-4-12(5-3-11)15-10-30-9-13(6-7-17(30)23-15)18-24-27-28-25-18/h2-10H,1H3,(H,24,25,27,28). The summed E-state index contributed by atoms with van der Waals surface area (Å²) in [6.07, 6.45) is -0.745. The maximum Gasteiger partial charge on any atom is 0.433 e. The van der Waals surface area contributed by atoms with Crippen molar-refractivity contribution in [2.24, 2.45) is 7.05 Å². The summed E-state index contributed by atoms with van der Waals surface area (Å²) in [4.78, 5) is 4.59. The molecule has 0 saturated heterocycles. The lowest BCUT2D eigenvalue weighted by molar-refractivity contribution is -0.143. The molecule has 0 amide bonds. The molecule has 30 heavy (non-hydrogen) atoms. The van der Waals surface area contributed by atoms with Crippen molar-refractivity contribution in [2.75, 3.05) is 0 Å². The highest BCUT2D eigenvalue weighted by atomic mass is 19.4. The predicted octanol–water partition coefficient (Wildman–Crippen LogP) is 3.60. The Hall–Kier alpha value is -4.02. The Labute approximate surface area is 167 Å². The first-order valence-electron chi connectivity index (χ1n) is 8.83. The topological polar surface area (TPSA) is 89.6 Å². The van der Waals surface area contributed by atoms with Gasteiger partial charge >= 0.3 is 6.18 Å². The van der Waals surface area contributed by atoms with Crippen LogP contribution in [-0.4, -0.2) is 39.8 Å². The smallest absolute Gasteiger partial charge is 0.306 e. The number of nitrogens with one attached hydrogen (secondary N) is 1. The van der Waals surface area contributed by atoms with Crippen molar-refractivity contribution in [3.05, 3.63) is 60.6 Å². The van der Waals surface area contributed by atoms with Crippen molar-refractivity contribution in [2.45, 2.75) is 6.18 Å². The van der Waals surface area contributed by atoms with Gasteiger partial charge in [0.05, 0.1) is 11.4 Å². The summed E-state index contributed by atoms with van der Waals surface area (Å²) in [5.74, 6) is 0.477. The van der Waals surface area contributed by atoms with Gasteiger partial charge in [0.1, 0.15) is 11.3 Å². The first-order chi connectivity index (χ1) is 14.4. The van der Waals surface area contributed by atoms with Gasteiger partial charge in [-0.2, -0.15) is 23.5 Å². The van der Waals surface area contributed by atoms with Crippen LogP contribution in [0.15, 0.2) is 54.9 Å². The fraction of sp³-hybridized carbons (Fsp3) is 0.105. The third kappa shape index (κ3) is 3.09. The molecule has 0 aliphatic heterocycles. The molecule has 1 N–H and O–H groups in total. The monoisotopic (exact) mass is 410 g/mol. The lowest BCUT2D eigenvalue weighted by Gasteiger charge is -2.04. The van der Waals surface area contributed by atoms with E-state index < -0.39 is 11.9 Å². The molecule has 0 unspecified atom stereocenters. The molecule has 8 nitrogen and oxygen atoms in total. The van der Waals surface area contributed by atoms with Crippen LogP contribution in [0.25, 0.3) is 39.5 Å². The third-order valence-electron chi connectivity index (χ3n) is 4.70. The highest BCUT2D eigenvalue weighted by Gasteiger charge is 2.35. The van der Waals surface area contributed by atoms with Gasteiger partial charge in [-0.1, -0.05) is 24.3 Å². The van der Waals surface area contributed by atoms with E-state index in [1.165, 1.54) is 7.05 Å². The largest absolute Gasteiger partial charge is 0.433 e. The molecule has 4 aromatic heterocycles. The van der Waals surface area contributed by atoms with E-state index in [2.05, 4.69) is 30.7 Å². The lowest BCUT2D eigenvalue weighted by atomic mass is 10.1. The number of pyridine rings is 1. The molecule has 5 aromatic rings.